The number of nitrogens with one attached hydrogen (secondary N) is 1. The lowest BCUT2D eigenvalue weighted by Crippen LogP contribution is -2.49. The molecule has 0 radical (unpaired) electrons. The van der Waals surface area contributed by atoms with E-state index < -0.39 is 0 Å². The van der Waals surface area contributed by atoms with Gasteiger partial charge in [-0.25, -0.2) is 9.97 Å². The first-order valence-electron chi connectivity index (χ1n) is 9.33. The summed E-state index contributed by atoms with van der Waals surface area (Å²) in [4.78, 5) is 25.3. The Bertz CT molecular complexity index is 1050. The molecule has 29 heavy (non-hydrogen) atoms. The number of aromatic nitrogens is 2. The van der Waals surface area contributed by atoms with Gasteiger partial charge >= 0.3 is 0 Å². The summed E-state index contributed by atoms with van der Waals surface area (Å²) in [6.07, 6.45) is 1.51. The Morgan fingerprint density at radius 3 is 2.66 bits per heavy atom. The first-order chi connectivity index (χ1) is 14.1. The number of carbonyl (C=O) groups excluding carboxylic acids is 1. The largest absolute Gasteiger partial charge is 0.459 e. The van der Waals surface area contributed by atoms with E-state index in [1.807, 2.05) is 31.2 Å². The van der Waals surface area contributed by atoms with E-state index in [0.717, 1.165) is 5.82 Å². The molecule has 0 spiro atoms. The minimum Gasteiger partial charge on any atom is -0.459 e. The molecule has 1 saturated heterocycles. The monoisotopic (exact) mass is 388 g/mol. The van der Waals surface area contributed by atoms with Crippen LogP contribution in [-0.2, 0) is 0 Å². The van der Waals surface area contributed by atoms with Crippen LogP contribution in [0.15, 0.2) is 53.1 Å². The highest BCUT2D eigenvalue weighted by molar-refractivity contribution is 5.91. The van der Waals surface area contributed by atoms with Crippen LogP contribution in [0.2, 0.25) is 0 Å². The number of nitrogens with zero attached hydrogens (tertiary/aromatic N) is 5. The van der Waals surface area contributed by atoms with Crippen LogP contribution in [0.3, 0.4) is 0 Å². The quantitative estimate of drug-likeness (QED) is 0.734. The van der Waals surface area contributed by atoms with Gasteiger partial charge in [0.2, 0.25) is 0 Å². The Kier molecular flexibility index (Phi) is 5.12. The Hall–Kier alpha value is -3.86. The van der Waals surface area contributed by atoms with Crippen molar-refractivity contribution in [3.8, 4) is 6.07 Å². The molecule has 0 atom stereocenters. The van der Waals surface area contributed by atoms with Crippen LogP contribution < -0.4 is 10.2 Å². The van der Waals surface area contributed by atoms with Crippen LogP contribution in [0, 0.1) is 18.3 Å². The van der Waals surface area contributed by atoms with Gasteiger partial charge in [-0.3, -0.25) is 4.79 Å². The maximum atomic E-state index is 12.4. The van der Waals surface area contributed by atoms with Crippen molar-refractivity contribution in [2.45, 2.75) is 6.92 Å². The van der Waals surface area contributed by atoms with Crippen molar-refractivity contribution in [2.75, 3.05) is 36.4 Å². The van der Waals surface area contributed by atoms with Crippen LogP contribution in [0.1, 0.15) is 21.9 Å². The number of carbonyl (C=O) groups is 1. The zero-order valence-electron chi connectivity index (χ0n) is 16.0. The van der Waals surface area contributed by atoms with Gasteiger partial charge < -0.3 is 19.5 Å². The minimum atomic E-state index is -0.0935. The summed E-state index contributed by atoms with van der Waals surface area (Å²) < 4.78 is 5.21. The number of amides is 1. The third kappa shape index (κ3) is 4.04. The number of hydrogen-bond donors (Lipinski definition) is 1. The number of aryl methyl sites for hydroxylation is 1. The van der Waals surface area contributed by atoms with Crippen molar-refractivity contribution < 1.29 is 9.21 Å². The number of para-hydroxylation sites is 1. The molecule has 0 saturated carbocycles. The lowest BCUT2D eigenvalue weighted by Gasteiger charge is -2.35. The molecule has 1 aliphatic rings. The fourth-order valence-corrected chi connectivity index (χ4v) is 3.30. The summed E-state index contributed by atoms with van der Waals surface area (Å²) >= 11 is 0. The number of rotatable bonds is 4. The molecule has 0 aliphatic carbocycles. The van der Waals surface area contributed by atoms with Gasteiger partial charge in [0.1, 0.15) is 23.5 Å². The molecule has 146 valence electrons. The Balaban J connectivity index is 1.47. The number of anilines is 3. The van der Waals surface area contributed by atoms with Crippen LogP contribution >= 0.6 is 0 Å². The van der Waals surface area contributed by atoms with Gasteiger partial charge in [-0.05, 0) is 31.2 Å². The van der Waals surface area contributed by atoms with Gasteiger partial charge in [0.05, 0.1) is 17.5 Å². The SMILES string of the molecule is Cc1nc(Nc2ccccc2C#N)cc(N2CCN(C(=O)c3ccco3)CC2)n1. The van der Waals surface area contributed by atoms with Crippen LogP contribution in [0.25, 0.3) is 0 Å². The van der Waals surface area contributed by atoms with Crippen molar-refractivity contribution in [2.24, 2.45) is 0 Å². The van der Waals surface area contributed by atoms with Gasteiger partial charge in [-0.15, -0.1) is 0 Å². The molecule has 0 unspecified atom stereocenters. The molecule has 4 rings (SSSR count). The summed E-state index contributed by atoms with van der Waals surface area (Å²) in [5, 5.41) is 12.5. The van der Waals surface area contributed by atoms with Crippen molar-refractivity contribution in [1.82, 2.24) is 14.9 Å². The molecule has 1 N–H and O–H groups in total. The normalized spacial score (nSPS) is 13.8. The predicted molar refractivity (Wildman–Crippen MR) is 108 cm³/mol. The standard InChI is InChI=1S/C21H20N6O2/c1-15-23-19(25-17-6-3-2-5-16(17)14-22)13-20(24-15)26-8-10-27(11-9-26)21(28)18-7-4-12-29-18/h2-7,12-13H,8-11H2,1H3,(H,23,24,25). The maximum absolute atomic E-state index is 12.4. The van der Waals surface area contributed by atoms with Crippen LogP contribution in [-0.4, -0.2) is 47.0 Å². The lowest BCUT2D eigenvalue weighted by atomic mass is 10.2. The summed E-state index contributed by atoms with van der Waals surface area (Å²) in [6, 6.07) is 14.7. The molecule has 1 fully saturated rings. The number of piperazine rings is 1. The second-order valence-electron chi connectivity index (χ2n) is 6.70. The molecule has 0 bridgehead atoms. The number of benzene rings is 1. The van der Waals surface area contributed by atoms with Crippen LogP contribution in [0.5, 0.6) is 0 Å². The van der Waals surface area contributed by atoms with Gasteiger partial charge in [0.25, 0.3) is 5.91 Å². The summed E-state index contributed by atoms with van der Waals surface area (Å²) in [5.41, 5.74) is 1.25. The van der Waals surface area contributed by atoms with Gasteiger partial charge in [-0.1, -0.05) is 12.1 Å². The molecule has 1 aliphatic heterocycles. The Morgan fingerprint density at radius 1 is 1.14 bits per heavy atom. The van der Waals surface area contributed by atoms with E-state index in [0.29, 0.717) is 54.8 Å². The van der Waals surface area contributed by atoms with E-state index in [9.17, 15) is 10.1 Å². The third-order valence-corrected chi connectivity index (χ3v) is 4.76. The molecular formula is C21H20N6O2. The molecule has 1 amide bonds. The van der Waals surface area contributed by atoms with E-state index in [2.05, 4.69) is 26.3 Å². The van der Waals surface area contributed by atoms with Crippen molar-refractivity contribution in [3.63, 3.8) is 0 Å². The van der Waals surface area contributed by atoms with E-state index in [-0.39, 0.29) is 5.91 Å². The van der Waals surface area contributed by atoms with Gasteiger partial charge in [0.15, 0.2) is 5.76 Å². The van der Waals surface area contributed by atoms with Gasteiger partial charge in [-0.2, -0.15) is 5.26 Å². The highest BCUT2D eigenvalue weighted by atomic mass is 16.3. The lowest BCUT2D eigenvalue weighted by molar-refractivity contribution is 0.0714. The third-order valence-electron chi connectivity index (χ3n) is 4.76. The Morgan fingerprint density at radius 2 is 1.93 bits per heavy atom. The summed E-state index contributed by atoms with van der Waals surface area (Å²) in [5.74, 6) is 2.32. The van der Waals surface area contributed by atoms with E-state index in [1.54, 1.807) is 23.1 Å². The average molecular weight is 388 g/mol. The fourth-order valence-electron chi connectivity index (χ4n) is 3.30. The molecule has 8 nitrogen and oxygen atoms in total. The zero-order chi connectivity index (χ0) is 20.2. The molecule has 8 heteroatoms. The van der Waals surface area contributed by atoms with Crippen molar-refractivity contribution in [1.29, 1.82) is 5.26 Å². The molecular weight excluding hydrogens is 368 g/mol. The maximum Gasteiger partial charge on any atom is 0.289 e. The molecule has 1 aromatic carbocycles. The molecule has 2 aromatic heterocycles. The van der Waals surface area contributed by atoms with E-state index in [4.69, 9.17) is 4.42 Å². The zero-order valence-corrected chi connectivity index (χ0v) is 16.0. The average Bonchev–Trinajstić information content (AvgIpc) is 3.28. The first-order valence-corrected chi connectivity index (χ1v) is 9.33. The Labute approximate surface area is 168 Å². The van der Waals surface area contributed by atoms with Gasteiger partial charge in [0, 0.05) is 32.2 Å². The topological polar surface area (TPSA) is 98.3 Å². The summed E-state index contributed by atoms with van der Waals surface area (Å²) in [6.45, 7) is 4.33. The van der Waals surface area contributed by atoms with Crippen LogP contribution in [0.4, 0.5) is 17.3 Å². The smallest absolute Gasteiger partial charge is 0.289 e. The van der Waals surface area contributed by atoms with Crippen molar-refractivity contribution >= 4 is 23.2 Å². The number of hydrogen-bond acceptors (Lipinski definition) is 7. The second kappa shape index (κ2) is 8.02. The number of nitriles is 1. The predicted octanol–water partition coefficient (Wildman–Crippen LogP) is 2.96. The van der Waals surface area contributed by atoms with E-state index in [1.165, 1.54) is 6.26 Å². The highest BCUT2D eigenvalue weighted by Gasteiger charge is 2.24. The fraction of sp³-hybridized carbons (Fsp3) is 0.238. The second-order valence-corrected chi connectivity index (χ2v) is 6.70. The minimum absolute atomic E-state index is 0.0935. The highest BCUT2D eigenvalue weighted by Crippen LogP contribution is 2.23. The molecule has 3 heterocycles. The molecule has 3 aromatic rings. The summed E-state index contributed by atoms with van der Waals surface area (Å²) in [7, 11) is 0. The number of furan rings is 1. The van der Waals surface area contributed by atoms with E-state index >= 15 is 0 Å². The van der Waals surface area contributed by atoms with Crippen molar-refractivity contribution in [3.05, 3.63) is 65.9 Å². The first kappa shape index (κ1) is 18.5.